The minimum atomic E-state index is 0.0571. The Morgan fingerprint density at radius 2 is 1.64 bits per heavy atom. The van der Waals surface area contributed by atoms with E-state index < -0.39 is 0 Å². The molecule has 1 amide bonds. The molecule has 2 aliphatic heterocycles. The lowest BCUT2D eigenvalue weighted by molar-refractivity contribution is -0.137. The molecule has 0 bridgehead atoms. The SMILES string of the molecule is O=C(C1CCN(c2ccc3cccc(O)c3n2)CC1)N1CCC(c2nc(-c3ccccc3)n[nH]2)CC1. The molecule has 0 spiro atoms. The second kappa shape index (κ2) is 9.60. The predicted molar refractivity (Wildman–Crippen MR) is 139 cm³/mol. The zero-order valence-corrected chi connectivity index (χ0v) is 20.2. The van der Waals surface area contributed by atoms with Crippen LogP contribution in [-0.4, -0.2) is 62.3 Å². The van der Waals surface area contributed by atoms with Gasteiger partial charge in [0.05, 0.1) is 0 Å². The number of piperidine rings is 2. The number of nitrogens with one attached hydrogen (secondary N) is 1. The number of para-hydroxylation sites is 1. The number of hydrogen-bond acceptors (Lipinski definition) is 6. The highest BCUT2D eigenvalue weighted by Crippen LogP contribution is 2.31. The zero-order chi connectivity index (χ0) is 24.5. The van der Waals surface area contributed by atoms with E-state index in [1.807, 2.05) is 59.5 Å². The van der Waals surface area contributed by atoms with Gasteiger partial charge >= 0.3 is 0 Å². The molecule has 2 aliphatic rings. The summed E-state index contributed by atoms with van der Waals surface area (Å²) in [5, 5.41) is 18.6. The molecule has 2 N–H and O–H groups in total. The quantitative estimate of drug-likeness (QED) is 0.449. The highest BCUT2D eigenvalue weighted by Gasteiger charge is 2.32. The molecule has 4 heterocycles. The first-order valence-corrected chi connectivity index (χ1v) is 12.8. The van der Waals surface area contributed by atoms with E-state index in [2.05, 4.69) is 20.1 Å². The number of nitrogens with zero attached hydrogens (tertiary/aromatic N) is 5. The fourth-order valence-electron chi connectivity index (χ4n) is 5.46. The summed E-state index contributed by atoms with van der Waals surface area (Å²) in [4.78, 5) is 26.9. The minimum absolute atomic E-state index is 0.0571. The van der Waals surface area contributed by atoms with Crippen LogP contribution in [0.1, 0.15) is 37.4 Å². The number of carbonyl (C=O) groups excluding carboxylic acids is 1. The number of phenols is 1. The van der Waals surface area contributed by atoms with E-state index in [0.717, 1.165) is 80.3 Å². The summed E-state index contributed by atoms with van der Waals surface area (Å²) in [6.45, 7) is 3.10. The molecule has 2 aromatic carbocycles. The number of phenolic OH excluding ortho intramolecular Hbond substituents is 1. The van der Waals surface area contributed by atoms with Crippen molar-refractivity contribution in [1.82, 2.24) is 25.1 Å². The van der Waals surface area contributed by atoms with Crippen molar-refractivity contribution in [1.29, 1.82) is 0 Å². The van der Waals surface area contributed by atoms with Gasteiger partial charge in [-0.05, 0) is 43.9 Å². The summed E-state index contributed by atoms with van der Waals surface area (Å²) in [6, 6.07) is 19.4. The molecule has 8 nitrogen and oxygen atoms in total. The molecule has 6 rings (SSSR count). The molecule has 0 radical (unpaired) electrons. The summed E-state index contributed by atoms with van der Waals surface area (Å²) in [5.74, 6) is 3.34. The Morgan fingerprint density at radius 3 is 2.42 bits per heavy atom. The van der Waals surface area contributed by atoms with Crippen LogP contribution in [-0.2, 0) is 4.79 Å². The molecule has 0 saturated carbocycles. The zero-order valence-electron chi connectivity index (χ0n) is 20.2. The Kier molecular flexibility index (Phi) is 6.01. The monoisotopic (exact) mass is 482 g/mol. The van der Waals surface area contributed by atoms with Gasteiger partial charge in [-0.3, -0.25) is 9.89 Å². The van der Waals surface area contributed by atoms with E-state index in [0.29, 0.717) is 11.4 Å². The molecule has 36 heavy (non-hydrogen) atoms. The first kappa shape index (κ1) is 22.5. The van der Waals surface area contributed by atoms with Gasteiger partial charge < -0.3 is 14.9 Å². The van der Waals surface area contributed by atoms with Crippen molar-refractivity contribution >= 4 is 22.6 Å². The van der Waals surface area contributed by atoms with E-state index >= 15 is 0 Å². The van der Waals surface area contributed by atoms with Crippen molar-refractivity contribution in [3.8, 4) is 17.1 Å². The first-order chi connectivity index (χ1) is 17.7. The van der Waals surface area contributed by atoms with Crippen molar-refractivity contribution in [2.24, 2.45) is 5.92 Å². The number of rotatable bonds is 4. The number of likely N-dealkylation sites (tertiary alicyclic amines) is 1. The van der Waals surface area contributed by atoms with Crippen LogP contribution in [0.2, 0.25) is 0 Å². The molecule has 0 unspecified atom stereocenters. The van der Waals surface area contributed by atoms with Gasteiger partial charge in [0.2, 0.25) is 5.91 Å². The standard InChI is InChI=1S/C28H30N6O2/c35-23-8-4-7-19-9-10-24(29-25(19)23)33-15-13-22(14-16-33)28(36)34-17-11-21(12-18-34)27-30-26(31-32-27)20-5-2-1-3-6-20/h1-10,21-22,35H,11-18H2,(H,30,31,32). The number of aromatic amines is 1. The number of amides is 1. The van der Waals surface area contributed by atoms with Crippen molar-refractivity contribution in [3.05, 3.63) is 66.5 Å². The van der Waals surface area contributed by atoms with E-state index in [-0.39, 0.29) is 17.6 Å². The van der Waals surface area contributed by atoms with Crippen LogP contribution >= 0.6 is 0 Å². The van der Waals surface area contributed by atoms with Crippen molar-refractivity contribution in [2.75, 3.05) is 31.1 Å². The number of aromatic nitrogens is 4. The van der Waals surface area contributed by atoms with Crippen LogP contribution in [0, 0.1) is 5.92 Å². The average molecular weight is 483 g/mol. The fourth-order valence-corrected chi connectivity index (χ4v) is 5.46. The molecule has 0 atom stereocenters. The minimum Gasteiger partial charge on any atom is -0.506 e. The van der Waals surface area contributed by atoms with Gasteiger partial charge in [0, 0.05) is 49.0 Å². The third-order valence-electron chi connectivity index (χ3n) is 7.58. The van der Waals surface area contributed by atoms with Gasteiger partial charge in [0.1, 0.15) is 22.9 Å². The number of benzene rings is 2. The number of carbonyl (C=O) groups is 1. The average Bonchev–Trinajstić information content (AvgIpc) is 3.44. The molecule has 2 aromatic heterocycles. The Bertz CT molecular complexity index is 1350. The van der Waals surface area contributed by atoms with Crippen molar-refractivity contribution in [2.45, 2.75) is 31.6 Å². The Hall–Kier alpha value is -3.94. The van der Waals surface area contributed by atoms with Gasteiger partial charge in [0.25, 0.3) is 0 Å². The van der Waals surface area contributed by atoms with Gasteiger partial charge in [-0.15, -0.1) is 0 Å². The summed E-state index contributed by atoms with van der Waals surface area (Å²) in [5.41, 5.74) is 1.63. The highest BCUT2D eigenvalue weighted by molar-refractivity contribution is 5.85. The number of fused-ring (bicyclic) bond motifs is 1. The number of anilines is 1. The van der Waals surface area contributed by atoms with Gasteiger partial charge in [-0.2, -0.15) is 5.10 Å². The molecular formula is C28H30N6O2. The van der Waals surface area contributed by atoms with Crippen LogP contribution in [0.4, 0.5) is 5.82 Å². The maximum absolute atomic E-state index is 13.3. The molecule has 2 saturated heterocycles. The lowest BCUT2D eigenvalue weighted by Crippen LogP contribution is -2.45. The third-order valence-corrected chi connectivity index (χ3v) is 7.58. The van der Waals surface area contributed by atoms with Gasteiger partial charge in [0.15, 0.2) is 5.82 Å². The summed E-state index contributed by atoms with van der Waals surface area (Å²) in [7, 11) is 0. The van der Waals surface area contributed by atoms with Crippen molar-refractivity contribution in [3.63, 3.8) is 0 Å². The number of pyridine rings is 1. The van der Waals surface area contributed by atoms with Crippen LogP contribution < -0.4 is 4.90 Å². The molecule has 184 valence electrons. The van der Waals surface area contributed by atoms with Gasteiger partial charge in [-0.1, -0.05) is 42.5 Å². The second-order valence-corrected chi connectivity index (χ2v) is 9.79. The molecule has 2 fully saturated rings. The first-order valence-electron chi connectivity index (χ1n) is 12.8. The van der Waals surface area contributed by atoms with Crippen LogP contribution in [0.15, 0.2) is 60.7 Å². The van der Waals surface area contributed by atoms with Crippen LogP contribution in [0.3, 0.4) is 0 Å². The fraction of sp³-hybridized carbons (Fsp3) is 0.357. The molecule has 8 heteroatoms. The maximum atomic E-state index is 13.3. The molecule has 4 aromatic rings. The number of aromatic hydroxyl groups is 1. The lowest BCUT2D eigenvalue weighted by atomic mass is 9.91. The summed E-state index contributed by atoms with van der Waals surface area (Å²) >= 11 is 0. The third kappa shape index (κ3) is 4.39. The Balaban J connectivity index is 1.03. The van der Waals surface area contributed by atoms with Crippen LogP contribution in [0.25, 0.3) is 22.3 Å². The van der Waals surface area contributed by atoms with E-state index in [4.69, 9.17) is 4.98 Å². The Labute approximate surface area is 210 Å². The van der Waals surface area contributed by atoms with E-state index in [1.54, 1.807) is 6.07 Å². The largest absolute Gasteiger partial charge is 0.506 e. The molecule has 0 aliphatic carbocycles. The van der Waals surface area contributed by atoms with E-state index in [1.165, 1.54) is 0 Å². The smallest absolute Gasteiger partial charge is 0.225 e. The topological polar surface area (TPSA) is 98.2 Å². The van der Waals surface area contributed by atoms with Gasteiger partial charge in [-0.25, -0.2) is 9.97 Å². The maximum Gasteiger partial charge on any atom is 0.225 e. The normalized spacial score (nSPS) is 17.6. The molecular weight excluding hydrogens is 452 g/mol. The Morgan fingerprint density at radius 1 is 0.861 bits per heavy atom. The summed E-state index contributed by atoms with van der Waals surface area (Å²) in [6.07, 6.45) is 3.45. The lowest BCUT2D eigenvalue weighted by Gasteiger charge is -2.37. The number of hydrogen-bond donors (Lipinski definition) is 2. The summed E-state index contributed by atoms with van der Waals surface area (Å²) < 4.78 is 0. The van der Waals surface area contributed by atoms with E-state index in [9.17, 15) is 9.90 Å². The van der Waals surface area contributed by atoms with Crippen LogP contribution in [0.5, 0.6) is 5.75 Å². The predicted octanol–water partition coefficient (Wildman–Crippen LogP) is 4.35. The number of H-pyrrole nitrogens is 1. The van der Waals surface area contributed by atoms with Crippen molar-refractivity contribution < 1.29 is 9.90 Å². The second-order valence-electron chi connectivity index (χ2n) is 9.79. The highest BCUT2D eigenvalue weighted by atomic mass is 16.3.